The number of hydrazine groups is 1. The number of carboxylic acid groups (broad SMARTS) is 1. The van der Waals surface area contributed by atoms with Gasteiger partial charge in [0.05, 0.1) is 19.5 Å². The number of aliphatic carboxylic acids is 1. The van der Waals surface area contributed by atoms with E-state index in [1.54, 1.807) is 30.3 Å². The average molecular weight is 688 g/mol. The zero-order chi connectivity index (χ0) is 36.2. The number of carbonyl (C=O) groups excluding carboxylic acids is 6. The van der Waals surface area contributed by atoms with Crippen molar-refractivity contribution in [2.75, 3.05) is 26.2 Å². The number of benzene rings is 1. The molecule has 2 rings (SSSR count). The summed E-state index contributed by atoms with van der Waals surface area (Å²) >= 11 is 0. The summed E-state index contributed by atoms with van der Waals surface area (Å²) in [5, 5.41) is 25.7. The number of nitrogens with two attached hydrogens (primary N) is 2. The largest absolute Gasteiger partial charge is 0.481 e. The molecule has 0 aromatic heterocycles. The number of aliphatic imine (C=N–C) groups is 1. The van der Waals surface area contributed by atoms with Gasteiger partial charge in [-0.2, -0.15) is 0 Å². The molecule has 1 aliphatic heterocycles. The van der Waals surface area contributed by atoms with Crippen LogP contribution in [0, 0.1) is 0 Å². The number of unbranched alkanes of at least 4 members (excludes halogenated alkanes) is 1. The van der Waals surface area contributed by atoms with Crippen molar-refractivity contribution in [3.8, 4) is 0 Å². The van der Waals surface area contributed by atoms with Crippen LogP contribution in [0.15, 0.2) is 40.4 Å². The number of rotatable bonds is 15. The van der Waals surface area contributed by atoms with Gasteiger partial charge in [0.1, 0.15) is 24.7 Å². The van der Waals surface area contributed by atoms with Gasteiger partial charge in [0.25, 0.3) is 5.91 Å². The van der Waals surface area contributed by atoms with Crippen LogP contribution in [0.4, 0.5) is 4.79 Å². The van der Waals surface area contributed by atoms with Crippen LogP contribution >= 0.6 is 0 Å². The van der Waals surface area contributed by atoms with E-state index in [1.165, 1.54) is 0 Å². The van der Waals surface area contributed by atoms with E-state index in [-0.39, 0.29) is 57.8 Å². The molecule has 0 radical (unpaired) electrons. The number of carbonyl (C=O) groups is 7. The first-order valence-corrected chi connectivity index (χ1v) is 15.2. The molecule has 21 nitrogen and oxygen atoms in total. The third-order valence-corrected chi connectivity index (χ3v) is 6.84. The highest BCUT2D eigenvalue weighted by Crippen LogP contribution is 2.09. The molecule has 11 N–H and O–H groups in total. The molecule has 7 amide bonds. The van der Waals surface area contributed by atoms with Gasteiger partial charge in [-0.3, -0.25) is 39.2 Å². The molecule has 0 bridgehead atoms. The van der Waals surface area contributed by atoms with Crippen LogP contribution in [0.1, 0.15) is 44.1 Å². The molecule has 3 unspecified atom stereocenters. The molecule has 266 valence electrons. The van der Waals surface area contributed by atoms with Crippen molar-refractivity contribution in [1.82, 2.24) is 37.0 Å². The van der Waals surface area contributed by atoms with Crippen molar-refractivity contribution in [3.63, 3.8) is 0 Å². The van der Waals surface area contributed by atoms with Crippen LogP contribution < -0.4 is 43.5 Å². The molecular formula is C28H41N13O8. The Labute approximate surface area is 280 Å². The number of nitrogens with zero attached hydrogens (tertiary/aromatic N) is 5. The molecule has 1 saturated heterocycles. The molecule has 1 fully saturated rings. The first-order chi connectivity index (χ1) is 23.4. The fraction of sp³-hybridized carbons (Fsp3) is 0.500. The quantitative estimate of drug-likeness (QED) is 0.0240. The lowest BCUT2D eigenvalue weighted by molar-refractivity contribution is -0.141. The van der Waals surface area contributed by atoms with Crippen LogP contribution in [0.5, 0.6) is 0 Å². The van der Waals surface area contributed by atoms with E-state index in [1.807, 2.05) is 0 Å². The van der Waals surface area contributed by atoms with Gasteiger partial charge in [-0.05, 0) is 43.2 Å². The van der Waals surface area contributed by atoms with Gasteiger partial charge in [0.2, 0.25) is 23.6 Å². The van der Waals surface area contributed by atoms with E-state index in [4.69, 9.17) is 17.0 Å². The first kappa shape index (κ1) is 39.1. The molecule has 1 aromatic carbocycles. The highest BCUT2D eigenvalue weighted by molar-refractivity contribution is 5.96. The highest BCUT2D eigenvalue weighted by Gasteiger charge is 2.32. The summed E-state index contributed by atoms with van der Waals surface area (Å²) < 4.78 is 0. The Morgan fingerprint density at radius 2 is 1.63 bits per heavy atom. The molecule has 49 heavy (non-hydrogen) atoms. The summed E-state index contributed by atoms with van der Waals surface area (Å²) in [6.45, 7) is -0.984. The maximum atomic E-state index is 13.7. The van der Waals surface area contributed by atoms with Crippen molar-refractivity contribution < 1.29 is 38.7 Å². The van der Waals surface area contributed by atoms with Crippen molar-refractivity contribution in [2.24, 2.45) is 21.6 Å². The number of azide groups is 1. The predicted molar refractivity (Wildman–Crippen MR) is 172 cm³/mol. The van der Waals surface area contributed by atoms with Crippen LogP contribution in [-0.4, -0.2) is 102 Å². The molecule has 0 aliphatic carbocycles. The van der Waals surface area contributed by atoms with E-state index >= 15 is 0 Å². The number of guanidine groups is 1. The molecule has 0 saturated carbocycles. The maximum Gasteiger partial charge on any atom is 0.337 e. The first-order valence-electron chi connectivity index (χ1n) is 15.2. The smallest absolute Gasteiger partial charge is 0.337 e. The maximum absolute atomic E-state index is 13.7. The SMILES string of the molecule is [N-]=[N+]=NCC(=O)NCCCCC1NC(=O)N(Cc2ccccc2)NC(=O)C(CC(=O)O)NC(=O)CNC(=O)C(CCCN=C(N)N)NC1=O. The lowest BCUT2D eigenvalue weighted by Crippen LogP contribution is -2.59. The Morgan fingerprint density at radius 1 is 0.939 bits per heavy atom. The Kier molecular flexibility index (Phi) is 16.7. The van der Waals surface area contributed by atoms with Gasteiger partial charge in [0.15, 0.2) is 5.96 Å². The Hall–Kier alpha value is -6.11. The van der Waals surface area contributed by atoms with Crippen LogP contribution in [0.3, 0.4) is 0 Å². The van der Waals surface area contributed by atoms with Gasteiger partial charge < -0.3 is 43.2 Å². The topological polar surface area (TPSA) is 328 Å². The van der Waals surface area contributed by atoms with E-state index in [0.717, 1.165) is 5.01 Å². The van der Waals surface area contributed by atoms with Gasteiger partial charge in [0, 0.05) is 18.0 Å². The third kappa shape index (κ3) is 15.4. The second kappa shape index (κ2) is 20.9. The van der Waals surface area contributed by atoms with Crippen LogP contribution in [-0.2, 0) is 35.3 Å². The van der Waals surface area contributed by atoms with Crippen molar-refractivity contribution in [1.29, 1.82) is 0 Å². The summed E-state index contributed by atoms with van der Waals surface area (Å²) in [7, 11) is 0. The molecule has 3 atom stereocenters. The zero-order valence-electron chi connectivity index (χ0n) is 26.6. The second-order valence-corrected chi connectivity index (χ2v) is 10.7. The lowest BCUT2D eigenvalue weighted by Gasteiger charge is -2.28. The number of nitrogens with one attached hydrogen (secondary N) is 6. The standard InChI is InChI=1S/C28H41N13O8/c29-27(30)33-12-6-10-18-24(46)34-14-22(43)36-20(13-23(44)45)26(48)39-41(16-17-7-2-1-3-8-17)28(49)38-19(25(47)37-18)9-4-5-11-32-21(42)15-35-40-31/h1-3,7-8,18-20H,4-6,9-16H2,(H,32,42)(H,34,46)(H,36,43)(H,37,47)(H,38,49)(H,39,48)(H,44,45)(H4,29,30,33). The Morgan fingerprint density at radius 3 is 2.31 bits per heavy atom. The van der Waals surface area contributed by atoms with Crippen molar-refractivity contribution in [3.05, 3.63) is 46.3 Å². The van der Waals surface area contributed by atoms with E-state index < -0.39 is 72.6 Å². The van der Waals surface area contributed by atoms with Gasteiger partial charge in [-0.1, -0.05) is 35.4 Å². The van der Waals surface area contributed by atoms with Crippen molar-refractivity contribution in [2.45, 2.75) is 63.2 Å². The number of amides is 7. The molecule has 1 aromatic rings. The van der Waals surface area contributed by atoms with Crippen LogP contribution in [0.25, 0.3) is 10.4 Å². The Balaban J connectivity index is 2.40. The van der Waals surface area contributed by atoms with Gasteiger partial charge >= 0.3 is 12.0 Å². The second-order valence-electron chi connectivity index (χ2n) is 10.7. The minimum atomic E-state index is -1.64. The zero-order valence-corrected chi connectivity index (χ0v) is 26.6. The molecule has 1 aliphatic rings. The van der Waals surface area contributed by atoms with Gasteiger partial charge in [-0.15, -0.1) is 0 Å². The number of urea groups is 1. The molecule has 21 heteroatoms. The van der Waals surface area contributed by atoms with E-state index in [2.05, 4.69) is 47.0 Å². The molecular weight excluding hydrogens is 646 g/mol. The minimum absolute atomic E-state index is 0.0148. The summed E-state index contributed by atoms with van der Waals surface area (Å²) in [5.41, 5.74) is 22.0. The average Bonchev–Trinajstić information content (AvgIpc) is 3.05. The van der Waals surface area contributed by atoms with Crippen LogP contribution in [0.2, 0.25) is 0 Å². The number of hydrogen-bond acceptors (Lipinski definition) is 9. The fourth-order valence-corrected chi connectivity index (χ4v) is 4.45. The number of carboxylic acids is 1. The normalized spacial score (nSPS) is 18.9. The van der Waals surface area contributed by atoms with Crippen molar-refractivity contribution >= 4 is 47.5 Å². The van der Waals surface area contributed by atoms with Gasteiger partial charge in [-0.25, -0.2) is 9.80 Å². The van der Waals surface area contributed by atoms with E-state index in [9.17, 15) is 38.7 Å². The minimum Gasteiger partial charge on any atom is -0.481 e. The molecule has 1 heterocycles. The Bertz CT molecular complexity index is 1410. The third-order valence-electron chi connectivity index (χ3n) is 6.84. The summed E-state index contributed by atoms with van der Waals surface area (Å²) in [5.74, 6) is -5.60. The fourth-order valence-electron chi connectivity index (χ4n) is 4.45. The van der Waals surface area contributed by atoms with E-state index in [0.29, 0.717) is 12.0 Å². The summed E-state index contributed by atoms with van der Waals surface area (Å²) in [6.07, 6.45) is 0.0578. The summed E-state index contributed by atoms with van der Waals surface area (Å²) in [4.78, 5) is 96.0. The predicted octanol–water partition coefficient (Wildman–Crippen LogP) is -2.18. The highest BCUT2D eigenvalue weighted by atomic mass is 16.4. The molecule has 0 spiro atoms. The monoisotopic (exact) mass is 687 g/mol. The number of hydrogen-bond donors (Lipinski definition) is 9. The summed E-state index contributed by atoms with van der Waals surface area (Å²) in [6, 6.07) is 3.36. The lowest BCUT2D eigenvalue weighted by atomic mass is 10.1.